The Labute approximate surface area is 250 Å². The van der Waals surface area contributed by atoms with Crippen molar-refractivity contribution in [1.29, 1.82) is 0 Å². The number of aromatic nitrogens is 1. The molecule has 0 radical (unpaired) electrons. The Kier molecular flexibility index (Phi) is 9.73. The van der Waals surface area contributed by atoms with Crippen molar-refractivity contribution in [1.82, 2.24) is 4.98 Å². The molecule has 2 N–H and O–H groups in total. The lowest BCUT2D eigenvalue weighted by molar-refractivity contribution is -0.114. The van der Waals surface area contributed by atoms with Gasteiger partial charge >= 0.3 is 0 Å². The van der Waals surface area contributed by atoms with E-state index in [1.54, 1.807) is 24.3 Å². The maximum atomic E-state index is 13.8. The fraction of sp³-hybridized carbons (Fsp3) is 0.172. The van der Waals surface area contributed by atoms with E-state index < -0.39 is 32.5 Å². The number of carbonyl (C=O) groups excluding carboxylic acids is 1. The zero-order chi connectivity index (χ0) is 31.0. The second kappa shape index (κ2) is 13.4. The number of nitrogens with one attached hydrogen (secondary N) is 2. The summed E-state index contributed by atoms with van der Waals surface area (Å²) >= 11 is 0. The van der Waals surface area contributed by atoms with Gasteiger partial charge in [-0.25, -0.2) is 16.8 Å². The summed E-state index contributed by atoms with van der Waals surface area (Å²) in [4.78, 5) is 16.9. The van der Waals surface area contributed by atoms with Crippen molar-refractivity contribution < 1.29 is 35.8 Å². The third kappa shape index (κ3) is 7.53. The largest absolute Gasteiger partial charge is 0.494 e. The SMILES string of the molecule is CCOc1ccc(N(CC(=O)Nc2ccc(S(=O)(=O)Nc3cccnc3)cc2)S(=O)(=O)c2ccc(OC)c(OC)c2)cc1. The lowest BCUT2D eigenvalue weighted by atomic mass is 10.3. The second-order valence-corrected chi connectivity index (χ2v) is 12.4. The Morgan fingerprint density at radius 1 is 0.837 bits per heavy atom. The Morgan fingerprint density at radius 2 is 1.51 bits per heavy atom. The van der Waals surface area contributed by atoms with Crippen LogP contribution in [0.3, 0.4) is 0 Å². The molecular formula is C29H30N4O8S2. The fourth-order valence-electron chi connectivity index (χ4n) is 3.98. The smallest absolute Gasteiger partial charge is 0.264 e. The van der Waals surface area contributed by atoms with Crippen molar-refractivity contribution in [3.8, 4) is 17.2 Å². The van der Waals surface area contributed by atoms with Gasteiger partial charge in [-0.2, -0.15) is 0 Å². The van der Waals surface area contributed by atoms with Crippen LogP contribution in [-0.4, -0.2) is 55.1 Å². The van der Waals surface area contributed by atoms with E-state index in [0.717, 1.165) is 4.31 Å². The third-order valence-corrected chi connectivity index (χ3v) is 9.20. The predicted molar refractivity (Wildman–Crippen MR) is 162 cm³/mol. The summed E-state index contributed by atoms with van der Waals surface area (Å²) in [6.07, 6.45) is 2.89. The van der Waals surface area contributed by atoms with Crippen molar-refractivity contribution >= 4 is 43.0 Å². The van der Waals surface area contributed by atoms with Crippen molar-refractivity contribution in [2.75, 3.05) is 41.7 Å². The first-order chi connectivity index (χ1) is 20.6. The summed E-state index contributed by atoms with van der Waals surface area (Å²) in [5.41, 5.74) is 0.779. The minimum Gasteiger partial charge on any atom is -0.494 e. The van der Waals surface area contributed by atoms with Crippen molar-refractivity contribution in [2.45, 2.75) is 16.7 Å². The summed E-state index contributed by atoms with van der Waals surface area (Å²) < 4.78 is 72.4. The van der Waals surface area contributed by atoms with Crippen LogP contribution in [0.1, 0.15) is 6.92 Å². The molecule has 1 heterocycles. The Hall–Kier alpha value is -4.82. The Balaban J connectivity index is 1.58. The van der Waals surface area contributed by atoms with Crippen LogP contribution in [0.15, 0.2) is 101 Å². The number of carbonyl (C=O) groups is 1. The molecule has 12 nitrogen and oxygen atoms in total. The van der Waals surface area contributed by atoms with E-state index in [-0.39, 0.29) is 26.9 Å². The summed E-state index contributed by atoms with van der Waals surface area (Å²) in [6, 6.07) is 19.0. The number of methoxy groups -OCH3 is 2. The molecule has 3 aromatic carbocycles. The average Bonchev–Trinajstić information content (AvgIpc) is 3.00. The quantitative estimate of drug-likeness (QED) is 0.223. The first kappa shape index (κ1) is 31.1. The molecule has 4 aromatic rings. The van der Waals surface area contributed by atoms with Gasteiger partial charge in [-0.05, 0) is 79.7 Å². The van der Waals surface area contributed by atoms with Crippen LogP contribution < -0.4 is 28.6 Å². The number of nitrogens with zero attached hydrogens (tertiary/aromatic N) is 2. The fourth-order valence-corrected chi connectivity index (χ4v) is 6.46. The van der Waals surface area contributed by atoms with Crippen LogP contribution >= 0.6 is 0 Å². The highest BCUT2D eigenvalue weighted by Crippen LogP contribution is 2.32. The van der Waals surface area contributed by atoms with Gasteiger partial charge in [-0.15, -0.1) is 0 Å². The zero-order valence-corrected chi connectivity index (χ0v) is 25.2. The van der Waals surface area contributed by atoms with Crippen LogP contribution in [0.4, 0.5) is 17.1 Å². The van der Waals surface area contributed by atoms with Gasteiger partial charge in [0.1, 0.15) is 12.3 Å². The number of anilines is 3. The number of benzene rings is 3. The van der Waals surface area contributed by atoms with Crippen LogP contribution in [0.2, 0.25) is 0 Å². The summed E-state index contributed by atoms with van der Waals surface area (Å²) in [7, 11) is -5.36. The van der Waals surface area contributed by atoms with Gasteiger partial charge in [-0.1, -0.05) is 0 Å². The van der Waals surface area contributed by atoms with Crippen LogP contribution in [0.25, 0.3) is 0 Å². The number of rotatable bonds is 13. The first-order valence-electron chi connectivity index (χ1n) is 12.9. The molecule has 1 aromatic heterocycles. The highest BCUT2D eigenvalue weighted by Gasteiger charge is 2.28. The number of hydrogen-bond acceptors (Lipinski definition) is 9. The second-order valence-electron chi connectivity index (χ2n) is 8.88. The number of amides is 1. The number of pyridine rings is 1. The van der Waals surface area contributed by atoms with E-state index in [1.807, 2.05) is 6.92 Å². The van der Waals surface area contributed by atoms with Crippen molar-refractivity contribution in [2.24, 2.45) is 0 Å². The summed E-state index contributed by atoms with van der Waals surface area (Å²) in [6.45, 7) is 1.66. The molecule has 0 atom stereocenters. The minimum atomic E-state index is -4.28. The highest BCUT2D eigenvalue weighted by atomic mass is 32.2. The Morgan fingerprint density at radius 3 is 2.12 bits per heavy atom. The molecule has 1 amide bonds. The maximum Gasteiger partial charge on any atom is 0.264 e. The van der Waals surface area contributed by atoms with E-state index >= 15 is 0 Å². The van der Waals surface area contributed by atoms with Gasteiger partial charge < -0.3 is 19.5 Å². The van der Waals surface area contributed by atoms with Gasteiger partial charge in [0.25, 0.3) is 20.0 Å². The normalized spacial score (nSPS) is 11.3. The van der Waals surface area contributed by atoms with E-state index in [2.05, 4.69) is 15.0 Å². The molecule has 0 aliphatic heterocycles. The van der Waals surface area contributed by atoms with Gasteiger partial charge in [-0.3, -0.25) is 18.8 Å². The zero-order valence-electron chi connectivity index (χ0n) is 23.6. The molecule has 4 rings (SSSR count). The van der Waals surface area contributed by atoms with E-state index in [9.17, 15) is 21.6 Å². The monoisotopic (exact) mass is 626 g/mol. The topological polar surface area (TPSA) is 153 Å². The third-order valence-electron chi connectivity index (χ3n) is 6.03. The first-order valence-corrected chi connectivity index (χ1v) is 15.8. The highest BCUT2D eigenvalue weighted by molar-refractivity contribution is 7.93. The molecule has 226 valence electrons. The van der Waals surface area contributed by atoms with Gasteiger partial charge in [0, 0.05) is 18.0 Å². The maximum absolute atomic E-state index is 13.8. The predicted octanol–water partition coefficient (Wildman–Crippen LogP) is 4.13. The average molecular weight is 627 g/mol. The summed E-state index contributed by atoms with van der Waals surface area (Å²) in [5, 5.41) is 2.63. The lowest BCUT2D eigenvalue weighted by Gasteiger charge is -2.25. The molecule has 43 heavy (non-hydrogen) atoms. The molecular weight excluding hydrogens is 596 g/mol. The van der Waals surface area contributed by atoms with Crippen LogP contribution in [0, 0.1) is 0 Å². The minimum absolute atomic E-state index is 0.0404. The molecule has 0 aliphatic carbocycles. The van der Waals surface area contributed by atoms with Crippen LogP contribution in [0.5, 0.6) is 17.2 Å². The lowest BCUT2D eigenvalue weighted by Crippen LogP contribution is -2.38. The number of sulfonamides is 2. The van der Waals surface area contributed by atoms with Gasteiger partial charge in [0.2, 0.25) is 5.91 Å². The standard InChI is InChI=1S/C29H30N4O8S2/c1-4-41-24-11-9-23(10-12-24)33(43(37,38)26-15-16-27(39-2)28(18-26)40-3)20-29(34)31-21-7-13-25(14-8-21)42(35,36)32-22-6-5-17-30-19-22/h5-19,32H,4,20H2,1-3H3,(H,31,34). The summed E-state index contributed by atoms with van der Waals surface area (Å²) in [5.74, 6) is 0.412. The molecule has 0 fully saturated rings. The molecule has 0 saturated heterocycles. The molecule has 0 unspecified atom stereocenters. The molecule has 14 heteroatoms. The molecule has 0 spiro atoms. The van der Waals surface area contributed by atoms with E-state index in [1.165, 1.54) is 81.2 Å². The van der Waals surface area contributed by atoms with E-state index in [4.69, 9.17) is 14.2 Å². The van der Waals surface area contributed by atoms with Crippen molar-refractivity contribution in [3.63, 3.8) is 0 Å². The molecule has 0 bridgehead atoms. The Bertz CT molecular complexity index is 1770. The van der Waals surface area contributed by atoms with Gasteiger partial charge in [0.05, 0.1) is 48.2 Å². The van der Waals surface area contributed by atoms with Crippen LogP contribution in [-0.2, 0) is 24.8 Å². The van der Waals surface area contributed by atoms with Gasteiger partial charge in [0.15, 0.2) is 11.5 Å². The number of ether oxygens (including phenoxy) is 3. The van der Waals surface area contributed by atoms with Crippen molar-refractivity contribution in [3.05, 3.63) is 91.3 Å². The number of hydrogen-bond donors (Lipinski definition) is 2. The van der Waals surface area contributed by atoms with E-state index in [0.29, 0.717) is 23.8 Å². The molecule has 0 saturated carbocycles. The molecule has 0 aliphatic rings.